The van der Waals surface area contributed by atoms with Crippen LogP contribution >= 0.6 is 11.3 Å². The van der Waals surface area contributed by atoms with Crippen molar-refractivity contribution in [3.8, 4) is 0 Å². The van der Waals surface area contributed by atoms with Crippen LogP contribution in [0.2, 0.25) is 0 Å². The smallest absolute Gasteiger partial charge is 0.410 e. The number of hydrogen-bond acceptors (Lipinski definition) is 4. The maximum atomic E-state index is 10.5. The molecule has 5 nitrogen and oxygen atoms in total. The molecule has 0 bridgehead atoms. The second-order valence-electron chi connectivity index (χ2n) is 4.37. The fourth-order valence-electron chi connectivity index (χ4n) is 1.81. The number of benzene rings is 1. The lowest BCUT2D eigenvalue weighted by atomic mass is 10.0. The van der Waals surface area contributed by atoms with Crippen LogP contribution in [-0.4, -0.2) is 16.2 Å². The first kappa shape index (κ1) is 13.4. The van der Waals surface area contributed by atoms with E-state index in [4.69, 9.17) is 10.8 Å². The van der Waals surface area contributed by atoms with Crippen molar-refractivity contribution in [1.82, 2.24) is 4.98 Å². The molecule has 6 heteroatoms. The highest BCUT2D eigenvalue weighted by molar-refractivity contribution is 7.10. The van der Waals surface area contributed by atoms with Gasteiger partial charge in [0.1, 0.15) is 5.82 Å². The van der Waals surface area contributed by atoms with Crippen molar-refractivity contribution in [2.75, 3.05) is 11.1 Å². The Hall–Kier alpha value is -2.08. The number of nitrogens with one attached hydrogen (secondary N) is 1. The first-order chi connectivity index (χ1) is 8.95. The molecule has 0 saturated carbocycles. The van der Waals surface area contributed by atoms with Gasteiger partial charge in [-0.05, 0) is 36.6 Å². The molecule has 0 radical (unpaired) electrons. The van der Waals surface area contributed by atoms with Gasteiger partial charge in [-0.25, -0.2) is 9.78 Å². The molecule has 0 spiro atoms. The van der Waals surface area contributed by atoms with Crippen LogP contribution in [0.15, 0.2) is 17.5 Å². The summed E-state index contributed by atoms with van der Waals surface area (Å²) in [6.45, 7) is 3.98. The van der Waals surface area contributed by atoms with Gasteiger partial charge in [-0.3, -0.25) is 5.32 Å². The van der Waals surface area contributed by atoms with Crippen molar-refractivity contribution >= 4 is 28.9 Å². The Balaban J connectivity index is 2.19. The van der Waals surface area contributed by atoms with Crippen molar-refractivity contribution < 1.29 is 9.90 Å². The zero-order valence-electron chi connectivity index (χ0n) is 10.7. The molecule has 0 aliphatic heterocycles. The predicted octanol–water partition coefficient (Wildman–Crippen LogP) is 3.02. The normalized spacial score (nSPS) is 10.4. The van der Waals surface area contributed by atoms with Crippen molar-refractivity contribution in [2.24, 2.45) is 0 Å². The van der Waals surface area contributed by atoms with Gasteiger partial charge < -0.3 is 10.8 Å². The van der Waals surface area contributed by atoms with Gasteiger partial charge in [-0.15, -0.1) is 11.3 Å². The minimum Gasteiger partial charge on any atom is -0.465 e. The largest absolute Gasteiger partial charge is 0.465 e. The predicted molar refractivity (Wildman–Crippen MR) is 76.9 cm³/mol. The number of hydrogen-bond donors (Lipinski definition) is 3. The summed E-state index contributed by atoms with van der Waals surface area (Å²) in [4.78, 5) is 14.7. The zero-order chi connectivity index (χ0) is 14.0. The molecule has 100 valence electrons. The third kappa shape index (κ3) is 3.23. The summed E-state index contributed by atoms with van der Waals surface area (Å²) in [7, 11) is 0. The number of amides is 1. The molecule has 2 rings (SSSR count). The Kier molecular flexibility index (Phi) is 3.71. The molecule has 0 aliphatic carbocycles. The molecule has 1 aromatic carbocycles. The Morgan fingerprint density at radius 1 is 1.42 bits per heavy atom. The van der Waals surface area contributed by atoms with Gasteiger partial charge >= 0.3 is 6.09 Å². The minimum absolute atomic E-state index is 0.373. The second kappa shape index (κ2) is 5.27. The Morgan fingerprint density at radius 3 is 2.84 bits per heavy atom. The SMILES string of the molecule is Cc1cc(Cc2nc(NC(=O)O)cs2)c(C)cc1N. The van der Waals surface area contributed by atoms with Gasteiger partial charge in [0, 0.05) is 17.5 Å². The first-order valence-electron chi connectivity index (χ1n) is 5.75. The number of thiazole rings is 1. The van der Waals surface area contributed by atoms with E-state index in [1.807, 2.05) is 19.9 Å². The summed E-state index contributed by atoms with van der Waals surface area (Å²) in [6.07, 6.45) is -0.421. The third-order valence-corrected chi connectivity index (χ3v) is 3.70. The number of aryl methyl sites for hydroxylation is 2. The molecule has 19 heavy (non-hydrogen) atoms. The molecule has 0 saturated heterocycles. The summed E-state index contributed by atoms with van der Waals surface area (Å²) >= 11 is 1.44. The number of rotatable bonds is 3. The minimum atomic E-state index is -1.10. The van der Waals surface area contributed by atoms with E-state index < -0.39 is 6.09 Å². The molecule has 0 aliphatic rings. The fourth-order valence-corrected chi connectivity index (χ4v) is 2.56. The molecule has 1 heterocycles. The average Bonchev–Trinajstić information content (AvgIpc) is 2.72. The number of carboxylic acid groups (broad SMARTS) is 1. The number of aromatic nitrogens is 1. The highest BCUT2D eigenvalue weighted by atomic mass is 32.1. The third-order valence-electron chi connectivity index (χ3n) is 2.85. The highest BCUT2D eigenvalue weighted by Crippen LogP contribution is 2.23. The standard InChI is InChI=1S/C13H15N3O2S/c1-7-4-10(14)8(2)3-9(7)5-12-15-11(6-19-12)16-13(17)18/h3-4,6,16H,5,14H2,1-2H3,(H,17,18). The van der Waals surface area contributed by atoms with Gasteiger partial charge in [0.25, 0.3) is 0 Å². The van der Waals surface area contributed by atoms with Crippen molar-refractivity contribution in [3.05, 3.63) is 39.2 Å². The molecular weight excluding hydrogens is 262 g/mol. The summed E-state index contributed by atoms with van der Waals surface area (Å²) < 4.78 is 0. The highest BCUT2D eigenvalue weighted by Gasteiger charge is 2.08. The lowest BCUT2D eigenvalue weighted by Crippen LogP contribution is -2.07. The summed E-state index contributed by atoms with van der Waals surface area (Å²) in [5, 5.41) is 13.4. The molecular formula is C13H15N3O2S. The van der Waals surface area contributed by atoms with Crippen LogP contribution in [0.1, 0.15) is 21.7 Å². The van der Waals surface area contributed by atoms with Gasteiger partial charge in [0.05, 0.1) is 5.01 Å². The van der Waals surface area contributed by atoms with Gasteiger partial charge in [0.15, 0.2) is 0 Å². The zero-order valence-corrected chi connectivity index (χ0v) is 11.5. The van der Waals surface area contributed by atoms with Gasteiger partial charge in [0.2, 0.25) is 0 Å². The Bertz CT molecular complexity index is 622. The maximum Gasteiger partial charge on any atom is 0.410 e. The maximum absolute atomic E-state index is 10.5. The molecule has 0 atom stereocenters. The lowest BCUT2D eigenvalue weighted by molar-refractivity contribution is 0.209. The van der Waals surface area contributed by atoms with Crippen LogP contribution < -0.4 is 11.1 Å². The van der Waals surface area contributed by atoms with E-state index >= 15 is 0 Å². The van der Waals surface area contributed by atoms with Crippen LogP contribution in [0.5, 0.6) is 0 Å². The van der Waals surface area contributed by atoms with E-state index in [-0.39, 0.29) is 0 Å². The second-order valence-corrected chi connectivity index (χ2v) is 5.31. The van der Waals surface area contributed by atoms with E-state index in [0.717, 1.165) is 27.4 Å². The van der Waals surface area contributed by atoms with E-state index in [2.05, 4.69) is 16.4 Å². The molecule has 1 amide bonds. The lowest BCUT2D eigenvalue weighted by Gasteiger charge is -2.08. The molecule has 0 fully saturated rings. The number of nitrogens with zero attached hydrogens (tertiary/aromatic N) is 1. The van der Waals surface area contributed by atoms with Gasteiger partial charge in [-0.1, -0.05) is 6.07 Å². The van der Waals surface area contributed by atoms with Crippen LogP contribution in [-0.2, 0) is 6.42 Å². The molecule has 0 unspecified atom stereocenters. The summed E-state index contributed by atoms with van der Waals surface area (Å²) in [6, 6.07) is 4.01. The summed E-state index contributed by atoms with van der Waals surface area (Å²) in [5.74, 6) is 0.373. The van der Waals surface area contributed by atoms with E-state index in [1.54, 1.807) is 5.38 Å². The number of nitrogen functional groups attached to an aromatic ring is 1. The number of anilines is 2. The quantitative estimate of drug-likeness (QED) is 0.752. The van der Waals surface area contributed by atoms with Crippen LogP contribution in [0, 0.1) is 13.8 Å². The van der Waals surface area contributed by atoms with Crippen molar-refractivity contribution in [3.63, 3.8) is 0 Å². The monoisotopic (exact) mass is 277 g/mol. The first-order valence-corrected chi connectivity index (χ1v) is 6.63. The fraction of sp³-hybridized carbons (Fsp3) is 0.231. The molecule has 1 aromatic heterocycles. The average molecular weight is 277 g/mol. The Morgan fingerprint density at radius 2 is 2.16 bits per heavy atom. The van der Waals surface area contributed by atoms with E-state index in [1.165, 1.54) is 11.3 Å². The molecule has 2 aromatic rings. The number of carbonyl (C=O) groups is 1. The summed E-state index contributed by atoms with van der Waals surface area (Å²) in [5.41, 5.74) is 9.95. The van der Waals surface area contributed by atoms with Crippen LogP contribution in [0.3, 0.4) is 0 Å². The topological polar surface area (TPSA) is 88.2 Å². The molecule has 4 N–H and O–H groups in total. The van der Waals surface area contributed by atoms with E-state index in [9.17, 15) is 4.79 Å². The Labute approximate surface area is 115 Å². The number of nitrogens with two attached hydrogens (primary N) is 1. The van der Waals surface area contributed by atoms with Crippen LogP contribution in [0.25, 0.3) is 0 Å². The van der Waals surface area contributed by atoms with Crippen molar-refractivity contribution in [1.29, 1.82) is 0 Å². The van der Waals surface area contributed by atoms with Gasteiger partial charge in [-0.2, -0.15) is 0 Å². The van der Waals surface area contributed by atoms with E-state index in [0.29, 0.717) is 12.2 Å². The van der Waals surface area contributed by atoms with Crippen LogP contribution in [0.4, 0.5) is 16.3 Å². The van der Waals surface area contributed by atoms with Crippen molar-refractivity contribution in [2.45, 2.75) is 20.3 Å².